The van der Waals surface area contributed by atoms with Crippen LogP contribution in [0.3, 0.4) is 0 Å². The number of hydrogen-bond donors (Lipinski definition) is 1. The SMILES string of the molecule is C=CC[C@H](C)CC(NC(=O)OC(C)(C)C)C(=O)OC. The molecule has 1 amide bonds. The second-order valence-corrected chi connectivity index (χ2v) is 5.59. The summed E-state index contributed by atoms with van der Waals surface area (Å²) in [6, 6.07) is -0.699. The van der Waals surface area contributed by atoms with Crippen LogP contribution >= 0.6 is 0 Å². The van der Waals surface area contributed by atoms with Crippen molar-refractivity contribution >= 4 is 12.1 Å². The van der Waals surface area contributed by atoms with Gasteiger partial charge < -0.3 is 14.8 Å². The van der Waals surface area contributed by atoms with E-state index in [0.29, 0.717) is 6.42 Å². The van der Waals surface area contributed by atoms with E-state index in [9.17, 15) is 9.59 Å². The highest BCUT2D eigenvalue weighted by atomic mass is 16.6. The summed E-state index contributed by atoms with van der Waals surface area (Å²) in [7, 11) is 1.30. The second-order valence-electron chi connectivity index (χ2n) is 5.59. The number of amides is 1. The Kier molecular flexibility index (Phi) is 7.19. The van der Waals surface area contributed by atoms with Crippen LogP contribution in [0.25, 0.3) is 0 Å². The molecule has 0 radical (unpaired) electrons. The number of alkyl carbamates (subject to hydrolysis) is 1. The van der Waals surface area contributed by atoms with Crippen molar-refractivity contribution in [3.63, 3.8) is 0 Å². The lowest BCUT2D eigenvalue weighted by atomic mass is 9.98. The molecule has 1 unspecified atom stereocenters. The van der Waals surface area contributed by atoms with Gasteiger partial charge in [-0.3, -0.25) is 0 Å². The van der Waals surface area contributed by atoms with Crippen molar-refractivity contribution in [1.29, 1.82) is 0 Å². The van der Waals surface area contributed by atoms with Crippen LogP contribution < -0.4 is 5.32 Å². The molecule has 0 saturated heterocycles. The number of allylic oxidation sites excluding steroid dienone is 1. The predicted molar refractivity (Wildman–Crippen MR) is 73.8 cm³/mol. The Balaban J connectivity index is 4.55. The molecule has 0 aromatic carbocycles. The van der Waals surface area contributed by atoms with Crippen molar-refractivity contribution < 1.29 is 19.1 Å². The zero-order valence-electron chi connectivity index (χ0n) is 12.5. The Hall–Kier alpha value is -1.52. The van der Waals surface area contributed by atoms with Gasteiger partial charge in [0.05, 0.1) is 7.11 Å². The van der Waals surface area contributed by atoms with Crippen LogP contribution in [0.15, 0.2) is 12.7 Å². The third-order valence-electron chi connectivity index (χ3n) is 2.38. The Labute approximate surface area is 115 Å². The molecule has 0 fully saturated rings. The molecule has 0 rings (SSSR count). The van der Waals surface area contributed by atoms with E-state index in [1.165, 1.54) is 7.11 Å². The lowest BCUT2D eigenvalue weighted by molar-refractivity contribution is -0.143. The Bertz CT molecular complexity index is 320. The molecule has 0 bridgehead atoms. The monoisotopic (exact) mass is 271 g/mol. The molecule has 2 atom stereocenters. The number of methoxy groups -OCH3 is 1. The van der Waals surface area contributed by atoms with E-state index in [1.54, 1.807) is 26.8 Å². The van der Waals surface area contributed by atoms with Crippen molar-refractivity contribution in [2.24, 2.45) is 5.92 Å². The average molecular weight is 271 g/mol. The molecule has 0 aromatic rings. The van der Waals surface area contributed by atoms with Gasteiger partial charge in [-0.25, -0.2) is 9.59 Å². The molecule has 5 heteroatoms. The summed E-state index contributed by atoms with van der Waals surface area (Å²) < 4.78 is 9.81. The fourth-order valence-electron chi connectivity index (χ4n) is 1.59. The van der Waals surface area contributed by atoms with E-state index in [0.717, 1.165) is 6.42 Å². The smallest absolute Gasteiger partial charge is 0.408 e. The number of rotatable bonds is 6. The van der Waals surface area contributed by atoms with Crippen LogP contribution in [0, 0.1) is 5.92 Å². The van der Waals surface area contributed by atoms with Gasteiger partial charge in [-0.05, 0) is 39.5 Å². The molecule has 19 heavy (non-hydrogen) atoms. The summed E-state index contributed by atoms with van der Waals surface area (Å²) in [5.41, 5.74) is -0.600. The standard InChI is InChI=1S/C14H25NO4/c1-7-8-10(2)9-11(12(16)18-6)15-13(17)19-14(3,4)5/h7,10-11H,1,8-9H2,2-6H3,(H,15,17)/t10-,11?/m0/s1. The maximum atomic E-state index is 11.7. The molecule has 0 aliphatic heterocycles. The Morgan fingerprint density at radius 2 is 1.95 bits per heavy atom. The molecule has 0 heterocycles. The molecule has 110 valence electrons. The number of nitrogens with one attached hydrogen (secondary N) is 1. The van der Waals surface area contributed by atoms with E-state index in [2.05, 4.69) is 16.6 Å². The highest BCUT2D eigenvalue weighted by Crippen LogP contribution is 2.13. The highest BCUT2D eigenvalue weighted by molar-refractivity contribution is 5.81. The fraction of sp³-hybridized carbons (Fsp3) is 0.714. The average Bonchev–Trinajstić information content (AvgIpc) is 2.24. The quantitative estimate of drug-likeness (QED) is 0.596. The first-order valence-corrected chi connectivity index (χ1v) is 6.37. The fourth-order valence-corrected chi connectivity index (χ4v) is 1.59. The van der Waals surface area contributed by atoms with Gasteiger partial charge in [0.25, 0.3) is 0 Å². The molecule has 0 saturated carbocycles. The number of carbonyl (C=O) groups excluding carboxylic acids is 2. The first kappa shape index (κ1) is 17.5. The first-order valence-electron chi connectivity index (χ1n) is 6.37. The predicted octanol–water partition coefficient (Wildman–Crippen LogP) is 2.66. The van der Waals surface area contributed by atoms with Gasteiger partial charge in [0.15, 0.2) is 0 Å². The summed E-state index contributed by atoms with van der Waals surface area (Å²) >= 11 is 0. The maximum Gasteiger partial charge on any atom is 0.408 e. The van der Waals surface area contributed by atoms with Crippen LogP contribution in [0.4, 0.5) is 4.79 Å². The van der Waals surface area contributed by atoms with Crippen LogP contribution in [0.1, 0.15) is 40.5 Å². The van der Waals surface area contributed by atoms with Crippen molar-refractivity contribution in [3.05, 3.63) is 12.7 Å². The van der Waals surface area contributed by atoms with Crippen molar-refractivity contribution in [2.45, 2.75) is 52.2 Å². The number of hydrogen-bond acceptors (Lipinski definition) is 4. The lowest BCUT2D eigenvalue weighted by Crippen LogP contribution is -2.44. The van der Waals surface area contributed by atoms with Crippen LogP contribution in [-0.4, -0.2) is 30.8 Å². The maximum absolute atomic E-state index is 11.7. The van der Waals surface area contributed by atoms with Gasteiger partial charge in [0.1, 0.15) is 11.6 Å². The molecule has 0 aromatic heterocycles. The van der Waals surface area contributed by atoms with E-state index in [1.807, 2.05) is 6.92 Å². The van der Waals surface area contributed by atoms with Gasteiger partial charge in [-0.15, -0.1) is 6.58 Å². The zero-order chi connectivity index (χ0) is 15.1. The van der Waals surface area contributed by atoms with Gasteiger partial charge in [0.2, 0.25) is 0 Å². The van der Waals surface area contributed by atoms with Crippen LogP contribution in [0.5, 0.6) is 0 Å². The molecular formula is C14H25NO4. The topological polar surface area (TPSA) is 64.6 Å². The summed E-state index contributed by atoms with van der Waals surface area (Å²) in [6.45, 7) is 10.9. The third-order valence-corrected chi connectivity index (χ3v) is 2.38. The van der Waals surface area contributed by atoms with Gasteiger partial charge in [-0.1, -0.05) is 13.0 Å². The van der Waals surface area contributed by atoms with E-state index < -0.39 is 23.7 Å². The normalized spacial score (nSPS) is 14.2. The van der Waals surface area contributed by atoms with Crippen molar-refractivity contribution in [3.8, 4) is 0 Å². The summed E-state index contributed by atoms with van der Waals surface area (Å²) in [4.78, 5) is 23.3. The molecular weight excluding hydrogens is 246 g/mol. The lowest BCUT2D eigenvalue weighted by Gasteiger charge is -2.23. The number of carbonyl (C=O) groups is 2. The van der Waals surface area contributed by atoms with Crippen molar-refractivity contribution in [1.82, 2.24) is 5.32 Å². The minimum atomic E-state index is -0.699. The number of ether oxygens (including phenoxy) is 2. The molecule has 0 aliphatic carbocycles. The first-order chi connectivity index (χ1) is 8.69. The summed E-state index contributed by atoms with van der Waals surface area (Å²) in [5, 5.41) is 2.54. The Morgan fingerprint density at radius 1 is 1.37 bits per heavy atom. The molecule has 0 spiro atoms. The summed E-state index contributed by atoms with van der Waals surface area (Å²) in [6.07, 6.45) is 2.42. The van der Waals surface area contributed by atoms with Gasteiger partial charge >= 0.3 is 12.1 Å². The van der Waals surface area contributed by atoms with E-state index in [4.69, 9.17) is 4.74 Å². The van der Waals surface area contributed by atoms with E-state index >= 15 is 0 Å². The third kappa shape index (κ3) is 8.24. The molecule has 1 N–H and O–H groups in total. The highest BCUT2D eigenvalue weighted by Gasteiger charge is 2.26. The minimum Gasteiger partial charge on any atom is -0.467 e. The Morgan fingerprint density at radius 3 is 2.37 bits per heavy atom. The largest absolute Gasteiger partial charge is 0.467 e. The van der Waals surface area contributed by atoms with E-state index in [-0.39, 0.29) is 5.92 Å². The van der Waals surface area contributed by atoms with Crippen LogP contribution in [-0.2, 0) is 14.3 Å². The van der Waals surface area contributed by atoms with Gasteiger partial charge in [-0.2, -0.15) is 0 Å². The molecule has 5 nitrogen and oxygen atoms in total. The summed E-state index contributed by atoms with van der Waals surface area (Å²) in [5.74, 6) is -0.252. The molecule has 0 aliphatic rings. The number of esters is 1. The van der Waals surface area contributed by atoms with Crippen molar-refractivity contribution in [2.75, 3.05) is 7.11 Å². The zero-order valence-corrected chi connectivity index (χ0v) is 12.5. The van der Waals surface area contributed by atoms with Gasteiger partial charge in [0, 0.05) is 0 Å². The van der Waals surface area contributed by atoms with Crippen LogP contribution in [0.2, 0.25) is 0 Å². The second kappa shape index (κ2) is 7.81. The minimum absolute atomic E-state index is 0.219.